The summed E-state index contributed by atoms with van der Waals surface area (Å²) in [6.45, 7) is 0.0126. The maximum Gasteiger partial charge on any atom is 0.337 e. The standard InChI is InChI=1S/C15H15ClN4O4/c1-24-15(23)10-7-20(2-3-21)14(22)13(10)18-8-4-11(16)9-6-17-19-12(9)5-8/h4-6,18,21H,2-3,7H2,1H3,(H,17,19). The van der Waals surface area contributed by atoms with E-state index in [0.717, 1.165) is 5.39 Å². The molecule has 24 heavy (non-hydrogen) atoms. The monoisotopic (exact) mass is 350 g/mol. The van der Waals surface area contributed by atoms with Crippen LogP contribution in [-0.2, 0) is 14.3 Å². The average Bonchev–Trinajstić information content (AvgIpc) is 3.15. The smallest absolute Gasteiger partial charge is 0.337 e. The van der Waals surface area contributed by atoms with Gasteiger partial charge in [0.1, 0.15) is 5.70 Å². The number of aliphatic hydroxyl groups is 1. The first-order chi connectivity index (χ1) is 11.5. The molecule has 8 nitrogen and oxygen atoms in total. The Morgan fingerprint density at radius 1 is 1.54 bits per heavy atom. The number of benzene rings is 1. The van der Waals surface area contributed by atoms with E-state index in [1.165, 1.54) is 12.0 Å². The summed E-state index contributed by atoms with van der Waals surface area (Å²) >= 11 is 6.19. The van der Waals surface area contributed by atoms with Crippen molar-refractivity contribution in [2.75, 3.05) is 32.1 Å². The number of H-pyrrole nitrogens is 1. The van der Waals surface area contributed by atoms with Gasteiger partial charge in [-0.3, -0.25) is 9.89 Å². The summed E-state index contributed by atoms with van der Waals surface area (Å²) in [6, 6.07) is 3.38. The summed E-state index contributed by atoms with van der Waals surface area (Å²) in [5.41, 5.74) is 1.55. The van der Waals surface area contributed by atoms with Crippen molar-refractivity contribution in [2.45, 2.75) is 0 Å². The van der Waals surface area contributed by atoms with Crippen LogP contribution in [0, 0.1) is 0 Å². The Bertz CT molecular complexity index is 845. The van der Waals surface area contributed by atoms with Gasteiger partial charge in [-0.1, -0.05) is 11.6 Å². The number of amides is 1. The third-order valence-electron chi connectivity index (χ3n) is 3.73. The first kappa shape index (κ1) is 16.3. The van der Waals surface area contributed by atoms with Crippen molar-refractivity contribution in [2.24, 2.45) is 0 Å². The van der Waals surface area contributed by atoms with Crippen LogP contribution in [0.1, 0.15) is 0 Å². The van der Waals surface area contributed by atoms with Gasteiger partial charge >= 0.3 is 5.97 Å². The molecule has 0 radical (unpaired) electrons. The Morgan fingerprint density at radius 3 is 3.04 bits per heavy atom. The Balaban J connectivity index is 1.97. The second-order valence-electron chi connectivity index (χ2n) is 5.21. The molecule has 3 rings (SSSR count). The van der Waals surface area contributed by atoms with Crippen molar-refractivity contribution in [3.63, 3.8) is 0 Å². The van der Waals surface area contributed by atoms with Gasteiger partial charge in [0.2, 0.25) is 0 Å². The summed E-state index contributed by atoms with van der Waals surface area (Å²) in [4.78, 5) is 25.8. The third-order valence-corrected chi connectivity index (χ3v) is 4.04. The molecule has 1 aliphatic rings. The van der Waals surface area contributed by atoms with Gasteiger partial charge in [-0.25, -0.2) is 4.79 Å². The molecule has 0 fully saturated rings. The van der Waals surface area contributed by atoms with Crippen LogP contribution in [0.2, 0.25) is 5.02 Å². The number of aromatic amines is 1. The van der Waals surface area contributed by atoms with Gasteiger partial charge in [-0.15, -0.1) is 0 Å². The number of carbonyl (C=O) groups excluding carboxylic acids is 2. The highest BCUT2D eigenvalue weighted by Crippen LogP contribution is 2.29. The normalized spacial score (nSPS) is 14.6. The van der Waals surface area contributed by atoms with Gasteiger partial charge in [0.25, 0.3) is 5.91 Å². The second-order valence-corrected chi connectivity index (χ2v) is 5.62. The lowest BCUT2D eigenvalue weighted by Crippen LogP contribution is -2.31. The lowest BCUT2D eigenvalue weighted by Gasteiger charge is -2.15. The van der Waals surface area contributed by atoms with E-state index in [4.69, 9.17) is 21.4 Å². The molecule has 0 saturated heterocycles. The maximum atomic E-state index is 12.5. The molecule has 2 aromatic rings. The number of fused-ring (bicyclic) bond motifs is 1. The molecule has 2 heterocycles. The summed E-state index contributed by atoms with van der Waals surface area (Å²) in [7, 11) is 1.25. The average molecular weight is 351 g/mol. The largest absolute Gasteiger partial charge is 0.466 e. The molecule has 9 heteroatoms. The molecular formula is C15H15ClN4O4. The van der Waals surface area contributed by atoms with Gasteiger partial charge in [0.15, 0.2) is 0 Å². The minimum Gasteiger partial charge on any atom is -0.466 e. The number of hydrogen-bond donors (Lipinski definition) is 3. The van der Waals surface area contributed by atoms with Crippen LogP contribution in [0.3, 0.4) is 0 Å². The maximum absolute atomic E-state index is 12.5. The first-order valence-corrected chi connectivity index (χ1v) is 7.54. The molecular weight excluding hydrogens is 336 g/mol. The van der Waals surface area contributed by atoms with Crippen molar-refractivity contribution < 1.29 is 19.4 Å². The zero-order chi connectivity index (χ0) is 17.3. The van der Waals surface area contributed by atoms with E-state index < -0.39 is 5.97 Å². The zero-order valence-corrected chi connectivity index (χ0v) is 13.6. The molecule has 0 bridgehead atoms. The van der Waals surface area contributed by atoms with Crippen molar-refractivity contribution in [1.82, 2.24) is 15.1 Å². The number of carbonyl (C=O) groups is 2. The molecule has 1 aromatic heterocycles. The van der Waals surface area contributed by atoms with E-state index in [1.807, 2.05) is 0 Å². The molecule has 0 unspecified atom stereocenters. The summed E-state index contributed by atoms with van der Waals surface area (Å²) < 4.78 is 4.74. The highest BCUT2D eigenvalue weighted by Gasteiger charge is 2.34. The number of nitrogens with zero attached hydrogens (tertiary/aromatic N) is 2. The van der Waals surface area contributed by atoms with Crippen LogP contribution < -0.4 is 5.32 Å². The number of ether oxygens (including phenoxy) is 1. The van der Waals surface area contributed by atoms with Gasteiger partial charge < -0.3 is 20.1 Å². The van der Waals surface area contributed by atoms with Gasteiger partial charge in [-0.2, -0.15) is 5.10 Å². The van der Waals surface area contributed by atoms with E-state index in [9.17, 15) is 9.59 Å². The number of β-amino-alcohol motifs (C(OH)–C–C–N with tert-alkyl or cyclic N) is 1. The molecule has 0 saturated carbocycles. The van der Waals surface area contributed by atoms with E-state index in [0.29, 0.717) is 16.2 Å². The second kappa shape index (κ2) is 6.50. The zero-order valence-electron chi connectivity index (χ0n) is 12.8. The van der Waals surface area contributed by atoms with Crippen LogP contribution >= 0.6 is 11.6 Å². The first-order valence-electron chi connectivity index (χ1n) is 7.16. The number of hydrogen-bond acceptors (Lipinski definition) is 6. The number of rotatable bonds is 5. The number of halogens is 1. The minimum absolute atomic E-state index is 0.0778. The quantitative estimate of drug-likeness (QED) is 0.691. The Kier molecular flexibility index (Phi) is 4.41. The predicted molar refractivity (Wildman–Crippen MR) is 87.4 cm³/mol. The van der Waals surface area contributed by atoms with Gasteiger partial charge in [0, 0.05) is 17.6 Å². The Hall–Kier alpha value is -2.58. The molecule has 1 amide bonds. The van der Waals surface area contributed by atoms with Crippen molar-refractivity contribution in [3.05, 3.63) is 34.6 Å². The fourth-order valence-corrected chi connectivity index (χ4v) is 2.84. The summed E-state index contributed by atoms with van der Waals surface area (Å²) in [5.74, 6) is -0.981. The van der Waals surface area contributed by atoms with E-state index in [-0.39, 0.29) is 36.9 Å². The summed E-state index contributed by atoms with van der Waals surface area (Å²) in [5, 5.41) is 19.9. The SMILES string of the molecule is COC(=O)C1=C(Nc2cc(Cl)c3cn[nH]c3c2)C(=O)N(CCO)C1. The van der Waals surface area contributed by atoms with Crippen molar-refractivity contribution in [1.29, 1.82) is 0 Å². The highest BCUT2D eigenvalue weighted by atomic mass is 35.5. The molecule has 0 atom stereocenters. The Labute approximate surface area is 142 Å². The number of aromatic nitrogens is 2. The molecule has 0 aliphatic carbocycles. The van der Waals surface area contributed by atoms with Gasteiger partial charge in [0.05, 0.1) is 42.6 Å². The number of anilines is 1. The minimum atomic E-state index is -0.597. The molecule has 0 spiro atoms. The molecule has 126 valence electrons. The fraction of sp³-hybridized carbons (Fsp3) is 0.267. The summed E-state index contributed by atoms with van der Waals surface area (Å²) in [6.07, 6.45) is 1.60. The van der Waals surface area contributed by atoms with Crippen molar-refractivity contribution >= 4 is 40.1 Å². The Morgan fingerprint density at radius 2 is 2.33 bits per heavy atom. The van der Waals surface area contributed by atoms with Crippen LogP contribution in [0.25, 0.3) is 10.9 Å². The van der Waals surface area contributed by atoms with E-state index >= 15 is 0 Å². The topological polar surface area (TPSA) is 108 Å². The number of esters is 1. The third kappa shape index (κ3) is 2.81. The van der Waals surface area contributed by atoms with Crippen molar-refractivity contribution in [3.8, 4) is 0 Å². The number of aliphatic hydroxyl groups excluding tert-OH is 1. The van der Waals surface area contributed by atoms with E-state index in [2.05, 4.69) is 15.5 Å². The number of nitrogens with one attached hydrogen (secondary N) is 2. The number of methoxy groups -OCH3 is 1. The van der Waals surface area contributed by atoms with Crippen LogP contribution in [0.15, 0.2) is 29.6 Å². The predicted octanol–water partition coefficient (Wildman–Crippen LogP) is 0.890. The van der Waals surface area contributed by atoms with E-state index in [1.54, 1.807) is 18.3 Å². The van der Waals surface area contributed by atoms with Crippen LogP contribution in [0.5, 0.6) is 0 Å². The van der Waals surface area contributed by atoms with Crippen LogP contribution in [-0.4, -0.2) is 58.9 Å². The molecule has 3 N–H and O–H groups in total. The van der Waals surface area contributed by atoms with Gasteiger partial charge in [-0.05, 0) is 12.1 Å². The fourth-order valence-electron chi connectivity index (χ4n) is 2.57. The molecule has 1 aliphatic heterocycles. The highest BCUT2D eigenvalue weighted by molar-refractivity contribution is 6.35. The lowest BCUT2D eigenvalue weighted by atomic mass is 10.2. The lowest BCUT2D eigenvalue weighted by molar-refractivity contribution is -0.136. The molecule has 1 aromatic carbocycles. The van der Waals surface area contributed by atoms with Crippen LogP contribution in [0.4, 0.5) is 5.69 Å².